The number of β-lactam (4-membered cyclic amide) rings is 1. The third kappa shape index (κ3) is 2.40. The minimum atomic E-state index is -3.69. The first-order valence-corrected chi connectivity index (χ1v) is 11.9. The zero-order chi connectivity index (χ0) is 21.4. The van der Waals surface area contributed by atoms with Gasteiger partial charge in [0.1, 0.15) is 0 Å². The topological polar surface area (TPSA) is 57.7 Å². The van der Waals surface area contributed by atoms with Crippen molar-refractivity contribution < 1.29 is 13.2 Å². The summed E-state index contributed by atoms with van der Waals surface area (Å²) in [6.07, 6.45) is 0. The first kappa shape index (κ1) is 19.4. The molecule has 3 aliphatic heterocycles. The smallest absolute Gasteiger partial charge is 0.265 e. The van der Waals surface area contributed by atoms with Gasteiger partial charge >= 0.3 is 0 Å². The summed E-state index contributed by atoms with van der Waals surface area (Å²) < 4.78 is 28.7. The summed E-state index contributed by atoms with van der Waals surface area (Å²) in [5.41, 5.74) is 4.32. The molecule has 0 aliphatic carbocycles. The van der Waals surface area contributed by atoms with E-state index < -0.39 is 10.0 Å². The zero-order valence-electron chi connectivity index (χ0n) is 17.7. The molecule has 5 rings (SSSR count). The number of nitrogens with zero attached hydrogens (tertiary/aromatic N) is 2. The lowest BCUT2D eigenvalue weighted by Gasteiger charge is -2.47. The second-order valence-electron chi connectivity index (χ2n) is 8.89. The minimum Gasteiger partial charge on any atom is -0.312 e. The summed E-state index contributed by atoms with van der Waals surface area (Å²) >= 11 is 0. The number of carbonyl (C=O) groups is 1. The highest BCUT2D eigenvalue weighted by atomic mass is 32.2. The number of fused-ring (bicyclic) bond motifs is 4. The molecule has 0 N–H and O–H groups in total. The summed E-state index contributed by atoms with van der Waals surface area (Å²) in [7, 11) is -3.69. The van der Waals surface area contributed by atoms with Crippen LogP contribution in [0.5, 0.6) is 0 Å². The van der Waals surface area contributed by atoms with E-state index in [4.69, 9.17) is 0 Å². The van der Waals surface area contributed by atoms with Crippen molar-refractivity contribution in [1.29, 1.82) is 0 Å². The molecule has 3 atom stereocenters. The highest BCUT2D eigenvalue weighted by Crippen LogP contribution is 2.50. The zero-order valence-corrected chi connectivity index (χ0v) is 18.5. The molecule has 3 aliphatic rings. The van der Waals surface area contributed by atoms with Crippen LogP contribution in [0.1, 0.15) is 27.7 Å². The summed E-state index contributed by atoms with van der Waals surface area (Å²) in [6.45, 7) is 8.52. The van der Waals surface area contributed by atoms with Crippen LogP contribution in [-0.4, -0.2) is 31.8 Å². The van der Waals surface area contributed by atoms with Crippen molar-refractivity contribution in [3.05, 3.63) is 59.8 Å². The van der Waals surface area contributed by atoms with E-state index in [0.717, 1.165) is 22.4 Å². The second-order valence-corrected chi connectivity index (χ2v) is 10.7. The highest BCUT2D eigenvalue weighted by molar-refractivity contribution is 7.93. The Balaban J connectivity index is 1.59. The molecule has 0 bridgehead atoms. The number of hydrogen-bond donors (Lipinski definition) is 0. The van der Waals surface area contributed by atoms with Gasteiger partial charge in [0.2, 0.25) is 5.91 Å². The molecular formula is C24H26N2O3S. The van der Waals surface area contributed by atoms with Crippen molar-refractivity contribution in [2.24, 2.45) is 17.8 Å². The Labute approximate surface area is 178 Å². The monoisotopic (exact) mass is 422 g/mol. The number of sulfonamides is 1. The second kappa shape index (κ2) is 6.45. The van der Waals surface area contributed by atoms with Crippen LogP contribution in [0.15, 0.2) is 64.7 Å². The van der Waals surface area contributed by atoms with Crippen LogP contribution in [0.25, 0.3) is 11.1 Å². The van der Waals surface area contributed by atoms with Gasteiger partial charge in [-0.2, -0.15) is 0 Å². The summed E-state index contributed by atoms with van der Waals surface area (Å²) in [5.74, 6) is 0.592. The number of benzene rings is 2. The Morgan fingerprint density at radius 1 is 1.00 bits per heavy atom. The quantitative estimate of drug-likeness (QED) is 0.694. The third-order valence-corrected chi connectivity index (χ3v) is 8.84. The van der Waals surface area contributed by atoms with E-state index >= 15 is 0 Å². The van der Waals surface area contributed by atoms with Crippen molar-refractivity contribution in [3.63, 3.8) is 0 Å². The van der Waals surface area contributed by atoms with Crippen LogP contribution < -0.4 is 4.31 Å². The van der Waals surface area contributed by atoms with Gasteiger partial charge in [0.05, 0.1) is 29.1 Å². The predicted octanol–water partition coefficient (Wildman–Crippen LogP) is 4.27. The molecule has 0 spiro atoms. The van der Waals surface area contributed by atoms with Crippen molar-refractivity contribution in [3.8, 4) is 11.1 Å². The molecule has 1 amide bonds. The number of hydrogen-bond acceptors (Lipinski definition) is 3. The number of anilines is 1. The molecular weight excluding hydrogens is 396 g/mol. The first-order valence-electron chi connectivity index (χ1n) is 10.5. The summed E-state index contributed by atoms with van der Waals surface area (Å²) in [5, 5.41) is 0. The van der Waals surface area contributed by atoms with Crippen LogP contribution in [-0.2, 0) is 14.8 Å². The molecule has 1 saturated heterocycles. The van der Waals surface area contributed by atoms with Gasteiger partial charge in [-0.05, 0) is 30.5 Å². The molecule has 6 heteroatoms. The molecule has 5 nitrogen and oxygen atoms in total. The molecule has 1 fully saturated rings. The van der Waals surface area contributed by atoms with Crippen LogP contribution in [0.2, 0.25) is 0 Å². The van der Waals surface area contributed by atoms with Gasteiger partial charge < -0.3 is 4.90 Å². The average molecular weight is 423 g/mol. The first-order chi connectivity index (χ1) is 14.2. The Kier molecular flexibility index (Phi) is 4.16. The van der Waals surface area contributed by atoms with E-state index in [2.05, 4.69) is 20.8 Å². The highest BCUT2D eigenvalue weighted by Gasteiger charge is 2.56. The van der Waals surface area contributed by atoms with Crippen LogP contribution in [0.4, 0.5) is 5.69 Å². The molecule has 0 radical (unpaired) electrons. The lowest BCUT2D eigenvalue weighted by molar-refractivity contribution is -0.155. The maximum Gasteiger partial charge on any atom is 0.265 e. The average Bonchev–Trinajstić information content (AvgIpc) is 2.91. The largest absolute Gasteiger partial charge is 0.312 e. The Bertz CT molecular complexity index is 1200. The van der Waals surface area contributed by atoms with E-state index in [1.165, 1.54) is 4.31 Å². The van der Waals surface area contributed by atoms with E-state index in [1.807, 2.05) is 48.2 Å². The van der Waals surface area contributed by atoms with E-state index in [1.54, 1.807) is 12.1 Å². The van der Waals surface area contributed by atoms with E-state index in [0.29, 0.717) is 10.6 Å². The summed E-state index contributed by atoms with van der Waals surface area (Å²) in [4.78, 5) is 15.0. The van der Waals surface area contributed by atoms with Gasteiger partial charge in [-0.15, -0.1) is 0 Å². The van der Waals surface area contributed by atoms with E-state index in [-0.39, 0.29) is 36.2 Å². The molecule has 0 saturated carbocycles. The molecule has 156 valence electrons. The van der Waals surface area contributed by atoms with Gasteiger partial charge in [0, 0.05) is 22.7 Å². The fourth-order valence-electron chi connectivity index (χ4n) is 5.49. The standard InChI is InChI=1S/C24H26N2O3S/c1-14(2)22-23-15(3)19(16(4)26(23)24(22)27)13-25-20-11-7-5-9-17(20)18-10-6-8-12-21(18)30(25,28)29/h5-12,14-15,22-23H,13H2,1-4H3/t15-,22+,23+/m0/s1. The van der Waals surface area contributed by atoms with Gasteiger partial charge in [0.15, 0.2) is 0 Å². The maximum absolute atomic E-state index is 13.6. The molecule has 0 unspecified atom stereocenters. The number of carbonyl (C=O) groups excluding carboxylic acids is 1. The van der Waals surface area contributed by atoms with Crippen LogP contribution in [0.3, 0.4) is 0 Å². The molecule has 2 aromatic rings. The SMILES string of the molecule is CC1=C(CN2c3ccccc3-c3ccccc3S2(=O)=O)[C@H](C)[C@@H]2[C@@H](C(C)C)C(=O)N12. The summed E-state index contributed by atoms with van der Waals surface area (Å²) in [6, 6.07) is 15.0. The van der Waals surface area contributed by atoms with Crippen LogP contribution >= 0.6 is 0 Å². The van der Waals surface area contributed by atoms with E-state index in [9.17, 15) is 13.2 Å². The third-order valence-electron chi connectivity index (χ3n) is 7.03. The molecule has 3 heterocycles. The Morgan fingerprint density at radius 3 is 2.33 bits per heavy atom. The number of para-hydroxylation sites is 1. The van der Waals surface area contributed by atoms with Gasteiger partial charge in [-0.25, -0.2) is 8.42 Å². The molecule has 2 aromatic carbocycles. The number of allylic oxidation sites excluding steroid dienone is 1. The van der Waals surface area contributed by atoms with Crippen molar-refractivity contribution in [2.45, 2.75) is 38.6 Å². The van der Waals surface area contributed by atoms with Crippen molar-refractivity contribution in [2.75, 3.05) is 10.8 Å². The predicted molar refractivity (Wildman–Crippen MR) is 117 cm³/mol. The maximum atomic E-state index is 13.6. The fourth-order valence-corrected chi connectivity index (χ4v) is 7.16. The Hall–Kier alpha value is -2.60. The Morgan fingerprint density at radius 2 is 1.63 bits per heavy atom. The van der Waals surface area contributed by atoms with Crippen molar-refractivity contribution in [1.82, 2.24) is 4.90 Å². The fraction of sp³-hybridized carbons (Fsp3) is 0.375. The molecule has 30 heavy (non-hydrogen) atoms. The number of amides is 1. The van der Waals surface area contributed by atoms with Gasteiger partial charge in [-0.1, -0.05) is 57.2 Å². The normalized spacial score (nSPS) is 26.4. The van der Waals surface area contributed by atoms with Gasteiger partial charge in [0.25, 0.3) is 10.0 Å². The molecule has 0 aromatic heterocycles. The lowest BCUT2D eigenvalue weighted by Crippen LogP contribution is -2.61. The number of rotatable bonds is 3. The van der Waals surface area contributed by atoms with Gasteiger partial charge in [-0.3, -0.25) is 9.10 Å². The lowest BCUT2D eigenvalue weighted by atomic mass is 9.74. The van der Waals surface area contributed by atoms with Crippen molar-refractivity contribution >= 4 is 21.6 Å². The minimum absolute atomic E-state index is 0.0124. The van der Waals surface area contributed by atoms with Crippen LogP contribution in [0, 0.1) is 17.8 Å².